The van der Waals surface area contributed by atoms with Gasteiger partial charge in [-0.1, -0.05) is 39.0 Å². The summed E-state index contributed by atoms with van der Waals surface area (Å²) in [5, 5.41) is 0. The van der Waals surface area contributed by atoms with E-state index in [9.17, 15) is 0 Å². The van der Waals surface area contributed by atoms with Gasteiger partial charge in [-0.3, -0.25) is 0 Å². The first-order valence-electron chi connectivity index (χ1n) is 5.41. The van der Waals surface area contributed by atoms with Gasteiger partial charge in [-0.15, -0.1) is 0 Å². The zero-order valence-electron chi connectivity index (χ0n) is 9.62. The molecule has 0 N–H and O–H groups in total. The van der Waals surface area contributed by atoms with E-state index in [1.165, 1.54) is 5.56 Å². The number of ether oxygens (including phenoxy) is 2. The smallest absolute Gasteiger partial charge is 0.123 e. The van der Waals surface area contributed by atoms with Crippen LogP contribution >= 0.6 is 0 Å². The Morgan fingerprint density at radius 3 is 2.60 bits per heavy atom. The van der Waals surface area contributed by atoms with E-state index in [0.717, 1.165) is 12.4 Å². The van der Waals surface area contributed by atoms with Gasteiger partial charge < -0.3 is 9.47 Å². The number of hydrogen-bond donors (Lipinski definition) is 0. The summed E-state index contributed by atoms with van der Waals surface area (Å²) in [4.78, 5) is 0. The molecule has 15 heavy (non-hydrogen) atoms. The van der Waals surface area contributed by atoms with Gasteiger partial charge in [0, 0.05) is 0 Å². The normalized spacial score (nSPS) is 20.1. The van der Waals surface area contributed by atoms with Crippen molar-refractivity contribution >= 4 is 0 Å². The maximum absolute atomic E-state index is 5.76. The number of epoxide rings is 1. The Balaban J connectivity index is 2.13. The minimum atomic E-state index is 0.126. The molecule has 0 spiro atoms. The third-order valence-electron chi connectivity index (χ3n) is 2.52. The molecule has 1 aliphatic rings. The van der Waals surface area contributed by atoms with E-state index in [-0.39, 0.29) is 5.41 Å². The summed E-state index contributed by atoms with van der Waals surface area (Å²) >= 11 is 0. The van der Waals surface area contributed by atoms with Crippen LogP contribution in [-0.4, -0.2) is 19.3 Å². The van der Waals surface area contributed by atoms with E-state index >= 15 is 0 Å². The van der Waals surface area contributed by atoms with Crippen molar-refractivity contribution in [3.05, 3.63) is 29.8 Å². The molecular formula is C13H18O2. The molecule has 1 atom stereocenters. The van der Waals surface area contributed by atoms with Gasteiger partial charge in [0.1, 0.15) is 18.5 Å². The summed E-state index contributed by atoms with van der Waals surface area (Å²) in [5.74, 6) is 0.987. The fourth-order valence-corrected chi connectivity index (χ4v) is 1.56. The van der Waals surface area contributed by atoms with E-state index in [1.54, 1.807) is 0 Å². The summed E-state index contributed by atoms with van der Waals surface area (Å²) in [7, 11) is 0. The van der Waals surface area contributed by atoms with Crippen LogP contribution in [0.15, 0.2) is 24.3 Å². The first-order chi connectivity index (χ1) is 7.07. The van der Waals surface area contributed by atoms with Crippen molar-refractivity contribution in [2.75, 3.05) is 13.2 Å². The predicted octanol–water partition coefficient (Wildman–Crippen LogP) is 2.76. The van der Waals surface area contributed by atoms with Gasteiger partial charge in [0.15, 0.2) is 0 Å². The molecule has 2 heteroatoms. The second-order valence-electron chi connectivity index (χ2n) is 5.01. The summed E-state index contributed by atoms with van der Waals surface area (Å²) < 4.78 is 10.9. The molecule has 2 nitrogen and oxygen atoms in total. The first kappa shape index (κ1) is 10.5. The lowest BCUT2D eigenvalue weighted by Gasteiger charge is -2.22. The van der Waals surface area contributed by atoms with Crippen molar-refractivity contribution < 1.29 is 9.47 Å². The predicted molar refractivity (Wildman–Crippen MR) is 60.4 cm³/mol. The number of para-hydroxylation sites is 1. The highest BCUT2D eigenvalue weighted by Gasteiger charge is 2.24. The van der Waals surface area contributed by atoms with Crippen LogP contribution in [0.1, 0.15) is 26.3 Å². The molecule has 0 saturated carbocycles. The summed E-state index contributed by atoms with van der Waals surface area (Å²) in [6.07, 6.45) is 0.318. The zero-order chi connectivity index (χ0) is 10.9. The molecular weight excluding hydrogens is 188 g/mol. The highest BCUT2D eigenvalue weighted by atomic mass is 16.6. The molecule has 0 amide bonds. The minimum Gasteiger partial charge on any atom is -0.490 e. The van der Waals surface area contributed by atoms with Crippen LogP contribution in [0.25, 0.3) is 0 Å². The van der Waals surface area contributed by atoms with Gasteiger partial charge in [0.2, 0.25) is 0 Å². The Morgan fingerprint density at radius 1 is 1.33 bits per heavy atom. The Labute approximate surface area is 91.2 Å². The highest BCUT2D eigenvalue weighted by molar-refractivity contribution is 5.38. The molecule has 0 bridgehead atoms. The van der Waals surface area contributed by atoms with E-state index in [1.807, 2.05) is 12.1 Å². The largest absolute Gasteiger partial charge is 0.490 e. The fraction of sp³-hybridized carbons (Fsp3) is 0.538. The van der Waals surface area contributed by atoms with Crippen molar-refractivity contribution in [3.63, 3.8) is 0 Å². The molecule has 2 rings (SSSR count). The quantitative estimate of drug-likeness (QED) is 0.709. The third kappa shape index (κ3) is 2.72. The van der Waals surface area contributed by atoms with Gasteiger partial charge in [-0.2, -0.15) is 0 Å². The summed E-state index contributed by atoms with van der Waals surface area (Å²) in [5.41, 5.74) is 1.38. The van der Waals surface area contributed by atoms with Crippen LogP contribution in [0.4, 0.5) is 0 Å². The number of rotatable bonds is 3. The van der Waals surface area contributed by atoms with Crippen LogP contribution in [0.5, 0.6) is 5.75 Å². The lowest BCUT2D eigenvalue weighted by atomic mass is 9.86. The Morgan fingerprint density at radius 2 is 2.00 bits per heavy atom. The average molecular weight is 206 g/mol. The minimum absolute atomic E-state index is 0.126. The molecule has 1 fully saturated rings. The Hall–Kier alpha value is -1.02. The van der Waals surface area contributed by atoms with Crippen LogP contribution in [-0.2, 0) is 10.2 Å². The fourth-order valence-electron chi connectivity index (χ4n) is 1.56. The molecule has 1 saturated heterocycles. The molecule has 1 aromatic rings. The molecule has 82 valence electrons. The number of benzene rings is 1. The van der Waals surface area contributed by atoms with E-state index < -0.39 is 0 Å². The Bertz CT molecular complexity index is 335. The monoisotopic (exact) mass is 206 g/mol. The summed E-state index contributed by atoms with van der Waals surface area (Å²) in [6.45, 7) is 8.11. The third-order valence-corrected chi connectivity index (χ3v) is 2.52. The number of hydrogen-bond acceptors (Lipinski definition) is 2. The average Bonchev–Trinajstić information content (AvgIpc) is 2.97. The van der Waals surface area contributed by atoms with Crippen molar-refractivity contribution in [1.29, 1.82) is 0 Å². The van der Waals surface area contributed by atoms with Crippen LogP contribution in [0.2, 0.25) is 0 Å². The highest BCUT2D eigenvalue weighted by Crippen LogP contribution is 2.31. The van der Waals surface area contributed by atoms with Crippen molar-refractivity contribution in [3.8, 4) is 5.75 Å². The van der Waals surface area contributed by atoms with Crippen molar-refractivity contribution in [2.24, 2.45) is 0 Å². The molecule has 0 aromatic heterocycles. The Kier molecular flexibility index (Phi) is 2.70. The van der Waals surface area contributed by atoms with E-state index in [4.69, 9.17) is 9.47 Å². The first-order valence-corrected chi connectivity index (χ1v) is 5.41. The van der Waals surface area contributed by atoms with Crippen LogP contribution in [0.3, 0.4) is 0 Å². The van der Waals surface area contributed by atoms with Gasteiger partial charge in [0.25, 0.3) is 0 Å². The zero-order valence-corrected chi connectivity index (χ0v) is 9.62. The maximum atomic E-state index is 5.76. The second kappa shape index (κ2) is 3.86. The molecule has 1 heterocycles. The van der Waals surface area contributed by atoms with Crippen molar-refractivity contribution in [2.45, 2.75) is 32.3 Å². The molecule has 0 radical (unpaired) electrons. The van der Waals surface area contributed by atoms with Gasteiger partial charge >= 0.3 is 0 Å². The van der Waals surface area contributed by atoms with E-state index in [2.05, 4.69) is 32.9 Å². The second-order valence-corrected chi connectivity index (χ2v) is 5.01. The SMILES string of the molecule is CC(C)(C)c1ccccc1OCC1CO1. The van der Waals surface area contributed by atoms with Crippen LogP contribution in [0, 0.1) is 0 Å². The van der Waals surface area contributed by atoms with Gasteiger partial charge in [0.05, 0.1) is 6.61 Å². The topological polar surface area (TPSA) is 21.8 Å². The van der Waals surface area contributed by atoms with Gasteiger partial charge in [-0.25, -0.2) is 0 Å². The lowest BCUT2D eigenvalue weighted by molar-refractivity contribution is 0.258. The van der Waals surface area contributed by atoms with Crippen LogP contribution < -0.4 is 4.74 Å². The van der Waals surface area contributed by atoms with Gasteiger partial charge in [-0.05, 0) is 17.0 Å². The molecule has 1 unspecified atom stereocenters. The molecule has 1 aromatic carbocycles. The standard InChI is InChI=1S/C13H18O2/c1-13(2,3)11-6-4-5-7-12(11)15-9-10-8-14-10/h4-7,10H,8-9H2,1-3H3. The molecule has 0 aliphatic carbocycles. The molecule has 1 aliphatic heterocycles. The summed E-state index contributed by atoms with van der Waals surface area (Å²) in [6, 6.07) is 8.23. The lowest BCUT2D eigenvalue weighted by Crippen LogP contribution is -2.14. The van der Waals surface area contributed by atoms with Crippen molar-refractivity contribution in [1.82, 2.24) is 0 Å². The van der Waals surface area contributed by atoms with E-state index in [0.29, 0.717) is 12.7 Å². The maximum Gasteiger partial charge on any atom is 0.123 e.